The first-order valence-electron chi connectivity index (χ1n) is 9.01. The molecule has 8 heteroatoms. The summed E-state index contributed by atoms with van der Waals surface area (Å²) in [4.78, 5) is 10.3. The van der Waals surface area contributed by atoms with Crippen LogP contribution in [0.4, 0.5) is 20.3 Å². The number of hydrogen-bond acceptors (Lipinski definition) is 5. The van der Waals surface area contributed by atoms with Crippen LogP contribution in [0.1, 0.15) is 17.8 Å². The van der Waals surface area contributed by atoms with Gasteiger partial charge < -0.3 is 15.0 Å². The summed E-state index contributed by atoms with van der Waals surface area (Å²) in [6, 6.07) is 13.2. The number of alkyl halides is 2. The van der Waals surface area contributed by atoms with Crippen LogP contribution in [0.25, 0.3) is 10.9 Å². The lowest BCUT2D eigenvalue weighted by molar-refractivity contribution is 0.122. The fraction of sp³-hybridized carbons (Fsp3) is 0.300. The highest BCUT2D eigenvalue weighted by atomic mass is 79.9. The number of halogens is 3. The zero-order valence-corrected chi connectivity index (χ0v) is 16.6. The molecular weight excluding hydrogens is 430 g/mol. The predicted octanol–water partition coefficient (Wildman–Crippen LogP) is 4.78. The molecular formula is C20H19BrF2N4O. The third-order valence-electron chi connectivity index (χ3n) is 4.66. The molecule has 0 radical (unpaired) electrons. The summed E-state index contributed by atoms with van der Waals surface area (Å²) in [5, 5.41) is 3.96. The van der Waals surface area contributed by atoms with Gasteiger partial charge in [-0.2, -0.15) is 0 Å². The first-order chi connectivity index (χ1) is 13.6. The molecule has 0 spiro atoms. The number of rotatable bonds is 5. The molecule has 1 fully saturated rings. The van der Waals surface area contributed by atoms with E-state index in [0.29, 0.717) is 31.1 Å². The zero-order valence-electron chi connectivity index (χ0n) is 15.0. The largest absolute Gasteiger partial charge is 0.378 e. The van der Waals surface area contributed by atoms with E-state index in [4.69, 9.17) is 4.74 Å². The molecule has 4 rings (SSSR count). The number of hydrogen-bond donors (Lipinski definition) is 1. The average molecular weight is 449 g/mol. The summed E-state index contributed by atoms with van der Waals surface area (Å²) >= 11 is 3.53. The van der Waals surface area contributed by atoms with Gasteiger partial charge in [0.15, 0.2) is 5.82 Å². The maximum atomic E-state index is 13.2. The van der Waals surface area contributed by atoms with Gasteiger partial charge in [-0.05, 0) is 29.8 Å². The maximum absolute atomic E-state index is 13.2. The molecule has 3 aromatic rings. The highest BCUT2D eigenvalue weighted by molar-refractivity contribution is 9.10. The molecule has 0 saturated carbocycles. The van der Waals surface area contributed by atoms with E-state index >= 15 is 0 Å². The zero-order chi connectivity index (χ0) is 19.5. The Hall–Kier alpha value is -2.32. The van der Waals surface area contributed by atoms with Crippen molar-refractivity contribution in [3.63, 3.8) is 0 Å². The van der Waals surface area contributed by atoms with Gasteiger partial charge in [0, 0.05) is 35.2 Å². The standard InChI is InChI=1S/C20H19BrF2N4O/c21-14-6-5-13(17(11-14)27-7-9-28-10-8-27)12-24-19-15-3-1-2-4-16(15)25-20(26-19)18(22)23/h1-6,11,18H,7-10,12H2,(H,24,25,26). The minimum Gasteiger partial charge on any atom is -0.378 e. The number of morpholine rings is 1. The molecule has 1 aliphatic heterocycles. The molecule has 5 nitrogen and oxygen atoms in total. The van der Waals surface area contributed by atoms with E-state index < -0.39 is 12.2 Å². The monoisotopic (exact) mass is 448 g/mol. The maximum Gasteiger partial charge on any atom is 0.297 e. The van der Waals surface area contributed by atoms with Gasteiger partial charge in [-0.25, -0.2) is 18.7 Å². The molecule has 1 aromatic heterocycles. The summed E-state index contributed by atoms with van der Waals surface area (Å²) in [6.45, 7) is 3.47. The molecule has 0 amide bonds. The molecule has 1 saturated heterocycles. The summed E-state index contributed by atoms with van der Waals surface area (Å²) < 4.78 is 32.9. The molecule has 1 N–H and O–H groups in total. The van der Waals surface area contributed by atoms with E-state index in [2.05, 4.69) is 42.2 Å². The van der Waals surface area contributed by atoms with Crippen LogP contribution in [0.15, 0.2) is 46.9 Å². The van der Waals surface area contributed by atoms with Gasteiger partial charge >= 0.3 is 0 Å². The van der Waals surface area contributed by atoms with Crippen molar-refractivity contribution in [2.75, 3.05) is 36.5 Å². The average Bonchev–Trinajstić information content (AvgIpc) is 2.73. The van der Waals surface area contributed by atoms with Gasteiger partial charge in [-0.15, -0.1) is 0 Å². The van der Waals surface area contributed by atoms with Gasteiger partial charge in [0.25, 0.3) is 6.43 Å². The summed E-state index contributed by atoms with van der Waals surface area (Å²) in [6.07, 6.45) is -2.72. The second-order valence-electron chi connectivity index (χ2n) is 6.47. The van der Waals surface area contributed by atoms with Crippen LogP contribution in [-0.2, 0) is 11.3 Å². The minimum absolute atomic E-state index is 0.414. The highest BCUT2D eigenvalue weighted by Crippen LogP contribution is 2.29. The van der Waals surface area contributed by atoms with Gasteiger partial charge in [0.05, 0.1) is 18.7 Å². The number of fused-ring (bicyclic) bond motifs is 1. The lowest BCUT2D eigenvalue weighted by Gasteiger charge is -2.31. The molecule has 0 bridgehead atoms. The van der Waals surface area contributed by atoms with Crippen molar-refractivity contribution in [3.05, 3.63) is 58.3 Å². The number of aromatic nitrogens is 2. The van der Waals surface area contributed by atoms with Crippen LogP contribution < -0.4 is 10.2 Å². The topological polar surface area (TPSA) is 50.3 Å². The summed E-state index contributed by atoms with van der Waals surface area (Å²) in [5.41, 5.74) is 2.66. The number of benzene rings is 2. The van der Waals surface area contributed by atoms with Crippen LogP contribution in [0, 0.1) is 0 Å². The Balaban J connectivity index is 1.65. The van der Waals surface area contributed by atoms with E-state index in [1.807, 2.05) is 24.3 Å². The van der Waals surface area contributed by atoms with Crippen molar-refractivity contribution in [2.45, 2.75) is 13.0 Å². The fourth-order valence-corrected chi connectivity index (χ4v) is 3.64. The summed E-state index contributed by atoms with van der Waals surface area (Å²) in [5.74, 6) is -0.0536. The second kappa shape index (κ2) is 8.36. The molecule has 2 heterocycles. The molecule has 28 heavy (non-hydrogen) atoms. The second-order valence-corrected chi connectivity index (χ2v) is 7.39. The van der Waals surface area contributed by atoms with Crippen molar-refractivity contribution >= 4 is 38.3 Å². The first kappa shape index (κ1) is 19.0. The van der Waals surface area contributed by atoms with Crippen LogP contribution in [0.5, 0.6) is 0 Å². The van der Waals surface area contributed by atoms with Crippen LogP contribution in [0.2, 0.25) is 0 Å². The van der Waals surface area contributed by atoms with E-state index in [-0.39, 0.29) is 0 Å². The van der Waals surface area contributed by atoms with Crippen LogP contribution >= 0.6 is 15.9 Å². The number of ether oxygens (including phenoxy) is 1. The van der Waals surface area contributed by atoms with E-state index in [0.717, 1.165) is 34.2 Å². The van der Waals surface area contributed by atoms with Gasteiger partial charge in [0.1, 0.15) is 5.82 Å². The number of anilines is 2. The molecule has 1 aliphatic rings. The molecule has 146 valence electrons. The number of nitrogens with zero attached hydrogens (tertiary/aromatic N) is 3. The molecule has 0 unspecified atom stereocenters. The van der Waals surface area contributed by atoms with E-state index in [1.54, 1.807) is 12.1 Å². The Morgan fingerprint density at radius 2 is 1.89 bits per heavy atom. The SMILES string of the molecule is FC(F)c1nc(NCc2ccc(Br)cc2N2CCOCC2)c2ccccc2n1. The predicted molar refractivity (Wildman–Crippen MR) is 109 cm³/mol. The minimum atomic E-state index is -2.72. The van der Waals surface area contributed by atoms with Crippen molar-refractivity contribution < 1.29 is 13.5 Å². The number of nitrogens with one attached hydrogen (secondary N) is 1. The van der Waals surface area contributed by atoms with Gasteiger partial charge in [-0.3, -0.25) is 0 Å². The van der Waals surface area contributed by atoms with Crippen molar-refractivity contribution in [3.8, 4) is 0 Å². The van der Waals surface area contributed by atoms with E-state index in [1.165, 1.54) is 0 Å². The Bertz CT molecular complexity index is 980. The van der Waals surface area contributed by atoms with Gasteiger partial charge in [0.2, 0.25) is 0 Å². The molecule has 2 aromatic carbocycles. The number of para-hydroxylation sites is 1. The Morgan fingerprint density at radius 3 is 2.68 bits per heavy atom. The quantitative estimate of drug-likeness (QED) is 0.608. The summed E-state index contributed by atoms with van der Waals surface area (Å²) in [7, 11) is 0. The first-order valence-corrected chi connectivity index (χ1v) is 9.81. The Kier molecular flexibility index (Phi) is 5.68. The van der Waals surface area contributed by atoms with Crippen molar-refractivity contribution in [1.29, 1.82) is 0 Å². The van der Waals surface area contributed by atoms with Crippen LogP contribution in [-0.4, -0.2) is 36.3 Å². The van der Waals surface area contributed by atoms with Gasteiger partial charge in [-0.1, -0.05) is 34.1 Å². The third-order valence-corrected chi connectivity index (χ3v) is 5.15. The molecule has 0 atom stereocenters. The lowest BCUT2D eigenvalue weighted by Crippen LogP contribution is -2.36. The Labute approximate surface area is 169 Å². The van der Waals surface area contributed by atoms with Crippen LogP contribution in [0.3, 0.4) is 0 Å². The molecule has 0 aliphatic carbocycles. The van der Waals surface area contributed by atoms with E-state index in [9.17, 15) is 8.78 Å². The van der Waals surface area contributed by atoms with Crippen molar-refractivity contribution in [1.82, 2.24) is 9.97 Å². The highest BCUT2D eigenvalue weighted by Gasteiger charge is 2.17. The smallest absolute Gasteiger partial charge is 0.297 e. The fourth-order valence-electron chi connectivity index (χ4n) is 3.29. The third kappa shape index (κ3) is 4.07. The lowest BCUT2D eigenvalue weighted by atomic mass is 10.1. The van der Waals surface area contributed by atoms with Crippen molar-refractivity contribution in [2.24, 2.45) is 0 Å². The normalized spacial score (nSPS) is 14.6. The Morgan fingerprint density at radius 1 is 1.11 bits per heavy atom.